The Morgan fingerprint density at radius 2 is 1.86 bits per heavy atom. The summed E-state index contributed by atoms with van der Waals surface area (Å²) in [6, 6.07) is 12.3. The summed E-state index contributed by atoms with van der Waals surface area (Å²) in [4.78, 5) is 4.14. The van der Waals surface area contributed by atoms with Crippen LogP contribution in [-0.2, 0) is 6.61 Å². The summed E-state index contributed by atoms with van der Waals surface area (Å²) >= 11 is 0. The third-order valence-corrected chi connectivity index (χ3v) is 2.75. The Morgan fingerprint density at radius 1 is 1.05 bits per heavy atom. The number of hydrogen-bond donors (Lipinski definition) is 0. The maximum absolute atomic E-state index is 13.4. The molecule has 21 heavy (non-hydrogen) atoms. The fourth-order valence-corrected chi connectivity index (χ4v) is 1.75. The summed E-state index contributed by atoms with van der Waals surface area (Å²) < 4.78 is 36.4. The highest BCUT2D eigenvalue weighted by Crippen LogP contribution is 2.20. The Balaban J connectivity index is 1.70. The van der Waals surface area contributed by atoms with Gasteiger partial charge < -0.3 is 9.26 Å². The smallest absolute Gasteiger partial charge is 0.264 e. The van der Waals surface area contributed by atoms with Crippen LogP contribution < -0.4 is 4.74 Å². The largest absolute Gasteiger partial charge is 0.481 e. The monoisotopic (exact) mass is 288 g/mol. The van der Waals surface area contributed by atoms with Gasteiger partial charge in [0.05, 0.1) is 0 Å². The van der Waals surface area contributed by atoms with Crippen LogP contribution in [0.25, 0.3) is 11.4 Å². The van der Waals surface area contributed by atoms with E-state index in [1.807, 2.05) is 30.3 Å². The number of nitrogens with zero attached hydrogens (tertiary/aromatic N) is 2. The van der Waals surface area contributed by atoms with Gasteiger partial charge in [-0.2, -0.15) is 4.98 Å². The van der Waals surface area contributed by atoms with Gasteiger partial charge in [-0.1, -0.05) is 35.5 Å². The molecule has 0 N–H and O–H groups in total. The van der Waals surface area contributed by atoms with Crippen molar-refractivity contribution in [1.82, 2.24) is 10.1 Å². The summed E-state index contributed by atoms with van der Waals surface area (Å²) in [6.07, 6.45) is 0. The first-order valence-corrected chi connectivity index (χ1v) is 6.18. The third kappa shape index (κ3) is 3.05. The van der Waals surface area contributed by atoms with Crippen LogP contribution >= 0.6 is 0 Å². The van der Waals surface area contributed by atoms with E-state index >= 15 is 0 Å². The molecule has 0 radical (unpaired) electrons. The van der Waals surface area contributed by atoms with Crippen molar-refractivity contribution < 1.29 is 18.0 Å². The zero-order valence-electron chi connectivity index (χ0n) is 10.8. The van der Waals surface area contributed by atoms with E-state index < -0.39 is 11.6 Å². The number of aromatic nitrogens is 2. The molecule has 3 aromatic rings. The zero-order chi connectivity index (χ0) is 14.7. The maximum atomic E-state index is 13.4. The normalized spacial score (nSPS) is 10.6. The van der Waals surface area contributed by atoms with E-state index in [0.717, 1.165) is 17.7 Å². The molecule has 0 saturated carbocycles. The molecule has 0 bridgehead atoms. The topological polar surface area (TPSA) is 48.2 Å². The number of ether oxygens (including phenoxy) is 1. The fraction of sp³-hybridized carbons (Fsp3) is 0.0667. The van der Waals surface area contributed by atoms with Crippen molar-refractivity contribution in [1.29, 1.82) is 0 Å². The predicted molar refractivity (Wildman–Crippen MR) is 70.4 cm³/mol. The minimum atomic E-state index is -0.780. The van der Waals surface area contributed by atoms with Crippen LogP contribution in [0.4, 0.5) is 8.78 Å². The van der Waals surface area contributed by atoms with Gasteiger partial charge in [-0.05, 0) is 12.1 Å². The Morgan fingerprint density at radius 3 is 2.62 bits per heavy atom. The van der Waals surface area contributed by atoms with Gasteiger partial charge in [-0.15, -0.1) is 0 Å². The minimum absolute atomic E-state index is 0.0733. The van der Waals surface area contributed by atoms with Crippen molar-refractivity contribution in [2.75, 3.05) is 0 Å². The first-order valence-electron chi connectivity index (χ1n) is 6.18. The molecule has 2 aromatic carbocycles. The molecule has 0 atom stereocenters. The second-order valence-corrected chi connectivity index (χ2v) is 4.24. The second kappa shape index (κ2) is 5.70. The molecule has 0 aliphatic heterocycles. The van der Waals surface area contributed by atoms with Crippen molar-refractivity contribution in [3.05, 3.63) is 66.1 Å². The van der Waals surface area contributed by atoms with Crippen LogP contribution in [-0.4, -0.2) is 10.1 Å². The lowest BCUT2D eigenvalue weighted by Crippen LogP contribution is -1.98. The van der Waals surface area contributed by atoms with E-state index in [9.17, 15) is 8.78 Å². The lowest BCUT2D eigenvalue weighted by molar-refractivity contribution is 0.234. The standard InChI is InChI=1S/C15H10F2N2O2/c16-11-6-7-13(12(17)8-11)20-9-14-18-15(19-21-14)10-4-2-1-3-5-10/h1-8H,9H2. The van der Waals surface area contributed by atoms with Crippen LogP contribution in [0.3, 0.4) is 0 Å². The second-order valence-electron chi connectivity index (χ2n) is 4.24. The highest BCUT2D eigenvalue weighted by Gasteiger charge is 2.10. The molecular formula is C15H10F2N2O2. The molecule has 1 heterocycles. The van der Waals surface area contributed by atoms with E-state index in [2.05, 4.69) is 10.1 Å². The van der Waals surface area contributed by atoms with E-state index in [4.69, 9.17) is 9.26 Å². The van der Waals surface area contributed by atoms with Gasteiger partial charge in [0.15, 0.2) is 18.2 Å². The Hall–Kier alpha value is -2.76. The average Bonchev–Trinajstić information content (AvgIpc) is 2.96. The molecule has 0 aliphatic rings. The van der Waals surface area contributed by atoms with Gasteiger partial charge in [-0.3, -0.25) is 0 Å². The van der Waals surface area contributed by atoms with E-state index in [1.54, 1.807) is 0 Å². The van der Waals surface area contributed by atoms with Gasteiger partial charge in [0.2, 0.25) is 5.82 Å². The van der Waals surface area contributed by atoms with Gasteiger partial charge in [-0.25, -0.2) is 8.78 Å². The number of benzene rings is 2. The van der Waals surface area contributed by atoms with Crippen LogP contribution in [0.2, 0.25) is 0 Å². The predicted octanol–water partition coefficient (Wildman–Crippen LogP) is 3.59. The third-order valence-electron chi connectivity index (χ3n) is 2.75. The minimum Gasteiger partial charge on any atom is -0.481 e. The summed E-state index contributed by atoms with van der Waals surface area (Å²) in [5.74, 6) is -0.885. The first-order chi connectivity index (χ1) is 10.2. The highest BCUT2D eigenvalue weighted by atomic mass is 19.1. The zero-order valence-corrected chi connectivity index (χ0v) is 10.8. The van der Waals surface area contributed by atoms with Gasteiger partial charge in [0.25, 0.3) is 5.89 Å². The molecule has 0 aliphatic carbocycles. The van der Waals surface area contributed by atoms with E-state index in [-0.39, 0.29) is 18.2 Å². The van der Waals surface area contributed by atoms with Crippen molar-refractivity contribution in [3.8, 4) is 17.1 Å². The van der Waals surface area contributed by atoms with Crippen LogP contribution in [0, 0.1) is 11.6 Å². The lowest BCUT2D eigenvalue weighted by Gasteiger charge is -2.03. The van der Waals surface area contributed by atoms with E-state index in [0.29, 0.717) is 5.82 Å². The lowest BCUT2D eigenvalue weighted by atomic mass is 10.2. The maximum Gasteiger partial charge on any atom is 0.264 e. The summed E-state index contributed by atoms with van der Waals surface area (Å²) in [5.41, 5.74) is 0.806. The van der Waals surface area contributed by atoms with Crippen molar-refractivity contribution in [3.63, 3.8) is 0 Å². The molecule has 0 fully saturated rings. The molecule has 3 rings (SSSR count). The quantitative estimate of drug-likeness (QED) is 0.736. The number of halogens is 2. The SMILES string of the molecule is Fc1ccc(OCc2nc(-c3ccccc3)no2)c(F)c1. The average molecular weight is 288 g/mol. The molecule has 0 saturated heterocycles. The van der Waals surface area contributed by atoms with Gasteiger partial charge in [0, 0.05) is 11.6 Å². The fourth-order valence-electron chi connectivity index (χ4n) is 1.75. The summed E-state index contributed by atoms with van der Waals surface area (Å²) in [7, 11) is 0. The summed E-state index contributed by atoms with van der Waals surface area (Å²) in [6.45, 7) is -0.0949. The van der Waals surface area contributed by atoms with Crippen LogP contribution in [0.5, 0.6) is 5.75 Å². The van der Waals surface area contributed by atoms with Crippen molar-refractivity contribution in [2.24, 2.45) is 0 Å². The number of rotatable bonds is 4. The molecule has 0 amide bonds. The van der Waals surface area contributed by atoms with Crippen molar-refractivity contribution >= 4 is 0 Å². The summed E-state index contributed by atoms with van der Waals surface area (Å²) in [5, 5.41) is 3.82. The highest BCUT2D eigenvalue weighted by molar-refractivity contribution is 5.53. The molecule has 0 spiro atoms. The first kappa shape index (κ1) is 13.2. The van der Waals surface area contributed by atoms with Crippen LogP contribution in [0.15, 0.2) is 53.1 Å². The van der Waals surface area contributed by atoms with E-state index in [1.165, 1.54) is 6.07 Å². The number of hydrogen-bond acceptors (Lipinski definition) is 4. The molecule has 4 nitrogen and oxygen atoms in total. The van der Waals surface area contributed by atoms with Crippen molar-refractivity contribution in [2.45, 2.75) is 6.61 Å². The van der Waals surface area contributed by atoms with Gasteiger partial charge >= 0.3 is 0 Å². The van der Waals surface area contributed by atoms with Crippen LogP contribution in [0.1, 0.15) is 5.89 Å². The van der Waals surface area contributed by atoms with Gasteiger partial charge in [0.1, 0.15) is 5.82 Å². The molecular weight excluding hydrogens is 278 g/mol. The Kier molecular flexibility index (Phi) is 3.59. The Bertz CT molecular complexity index is 744. The molecule has 0 unspecified atom stereocenters. The molecule has 6 heteroatoms. The molecule has 1 aromatic heterocycles. The Labute approximate surface area is 119 Å². The molecule has 106 valence electrons.